The van der Waals surface area contributed by atoms with E-state index in [0.717, 1.165) is 0 Å². The largest absolute Gasteiger partial charge is 1.00 e. The van der Waals surface area contributed by atoms with Crippen LogP contribution in [-0.4, -0.2) is 35.4 Å². The molecule has 1 aromatic rings. The Balaban J connectivity index is -0.0000000540. The normalized spacial score (nSPS) is 5.71. The molecular formula is C9H16BrNO2Sb-2. The molecule has 0 bridgehead atoms. The number of aromatic nitrogens is 1. The third-order valence-electron chi connectivity index (χ3n) is 0.874. The zero-order chi connectivity index (χ0) is 6.69. The molecule has 1 heterocycles. The molecule has 1 aromatic heterocycles. The Hall–Kier alpha value is -0.0818. The molecular weight excluding hydrogens is 356 g/mol. The smallest absolute Gasteiger partial charge is 0.0899 e. The van der Waals surface area contributed by atoms with Crippen molar-refractivity contribution < 1.29 is 26.9 Å². The molecule has 0 amide bonds. The topological polar surface area (TPSA) is 53.0 Å². The Morgan fingerprint density at radius 1 is 1.21 bits per heavy atom. The van der Waals surface area contributed by atoms with Crippen LogP contribution in [0.25, 0.3) is 0 Å². The zero-order valence-electron chi connectivity index (χ0n) is 5.40. The van der Waals surface area contributed by atoms with E-state index in [0.29, 0.717) is 0 Å². The van der Waals surface area contributed by atoms with Crippen LogP contribution in [0.4, 0.5) is 0 Å². The van der Waals surface area contributed by atoms with Crippen LogP contribution in [0.2, 0.25) is 0 Å². The molecule has 1 rings (SSSR count). The molecule has 5 heteroatoms. The van der Waals surface area contributed by atoms with Gasteiger partial charge in [-0.2, -0.15) is 0 Å². The molecule has 3 radical (unpaired) electrons. The average molecular weight is 372 g/mol. The number of carbonyl (C=O) groups excluding carboxylic acids is 1. The van der Waals surface area contributed by atoms with Crippen molar-refractivity contribution in [2.45, 2.75) is 22.3 Å². The van der Waals surface area contributed by atoms with Crippen LogP contribution in [0, 0.1) is 0 Å². The number of carbonyl (C=O) groups is 1. The molecule has 0 N–H and O–H groups in total. The monoisotopic (exact) mass is 370 g/mol. The van der Waals surface area contributed by atoms with Crippen LogP contribution in [0.15, 0.2) is 24.4 Å². The van der Waals surface area contributed by atoms with Gasteiger partial charge in [0.2, 0.25) is 0 Å². The van der Waals surface area contributed by atoms with Crippen LogP contribution in [0.1, 0.15) is 32.8 Å². The summed E-state index contributed by atoms with van der Waals surface area (Å²) in [7, 11) is 0. The second-order valence-electron chi connectivity index (χ2n) is 1.50. The molecule has 3 nitrogen and oxygen atoms in total. The number of pyridine rings is 1. The number of nitrogens with zero attached hydrogens (tertiary/aromatic N) is 1. The molecule has 0 spiro atoms. The van der Waals surface area contributed by atoms with E-state index in [9.17, 15) is 9.90 Å². The van der Waals surface area contributed by atoms with Crippen molar-refractivity contribution >= 4 is 30.4 Å². The van der Waals surface area contributed by atoms with E-state index in [-0.39, 0.29) is 69.4 Å². The minimum absolute atomic E-state index is 0. The first kappa shape index (κ1) is 29.2. The number of hydrogen-bond acceptors (Lipinski definition) is 3. The second kappa shape index (κ2) is 15.4. The third-order valence-corrected chi connectivity index (χ3v) is 0.874. The van der Waals surface area contributed by atoms with Gasteiger partial charge in [0.15, 0.2) is 0 Å². The van der Waals surface area contributed by atoms with Gasteiger partial charge in [0.1, 0.15) is 0 Å². The van der Waals surface area contributed by atoms with Gasteiger partial charge in [-0.1, -0.05) is 28.3 Å². The number of carboxylic acids is 1. The third kappa shape index (κ3) is 10.0. The second-order valence-corrected chi connectivity index (χ2v) is 1.50. The Kier molecular flexibility index (Phi) is 32.1. The number of halogens is 1. The summed E-state index contributed by atoms with van der Waals surface area (Å²) in [5, 5.41) is 10.0. The maximum absolute atomic E-state index is 10.0. The predicted molar refractivity (Wildman–Crippen MR) is 54.5 cm³/mol. The Bertz CT molecular complexity index is 219. The Labute approximate surface area is 114 Å². The molecule has 0 aliphatic rings. The van der Waals surface area contributed by atoms with E-state index in [1.807, 2.05) is 0 Å². The number of hydrogen-bond donors (Lipinski definition) is 0. The van der Waals surface area contributed by atoms with Gasteiger partial charge in [0.05, 0.1) is 11.7 Å². The zero-order valence-corrected chi connectivity index (χ0v) is 9.54. The fourth-order valence-corrected chi connectivity index (χ4v) is 0.484. The van der Waals surface area contributed by atoms with Crippen molar-refractivity contribution in [2.75, 3.05) is 0 Å². The van der Waals surface area contributed by atoms with E-state index in [2.05, 4.69) is 4.98 Å². The van der Waals surface area contributed by atoms with E-state index >= 15 is 0 Å². The summed E-state index contributed by atoms with van der Waals surface area (Å²) >= 11 is 0. The fourth-order valence-electron chi connectivity index (χ4n) is 0.484. The summed E-state index contributed by atoms with van der Waals surface area (Å²) in [6.45, 7) is 0. The molecule has 0 aliphatic carbocycles. The van der Waals surface area contributed by atoms with Crippen LogP contribution in [0.5, 0.6) is 0 Å². The van der Waals surface area contributed by atoms with E-state index in [1.165, 1.54) is 12.3 Å². The van der Waals surface area contributed by atoms with Crippen molar-refractivity contribution in [1.29, 1.82) is 0 Å². The minimum atomic E-state index is -1.24. The van der Waals surface area contributed by atoms with Gasteiger partial charge < -0.3 is 26.9 Å². The van der Waals surface area contributed by atoms with Gasteiger partial charge in [-0.25, -0.2) is 0 Å². The molecule has 0 unspecified atom stereocenters. The first-order valence-electron chi connectivity index (χ1n) is 2.43. The quantitative estimate of drug-likeness (QED) is 0.535. The van der Waals surface area contributed by atoms with Crippen LogP contribution in [-0.2, 0) is 0 Å². The summed E-state index contributed by atoms with van der Waals surface area (Å²) in [4.78, 5) is 13.5. The van der Waals surface area contributed by atoms with E-state index < -0.39 is 5.97 Å². The molecule has 0 aromatic carbocycles. The maximum atomic E-state index is 10.0. The Morgan fingerprint density at radius 2 is 1.71 bits per heavy atom. The van der Waals surface area contributed by atoms with Gasteiger partial charge in [0.25, 0.3) is 0 Å². The first-order chi connectivity index (χ1) is 4.30. The molecule has 0 aliphatic heterocycles. The standard InChI is InChI=1S/C6H5NO2.3CH4.BrH.Sb/c8-6(9)5-3-1-2-4-7-5;;;;;/h1-4H,(H,8,9);3*1H4;1H;/p-2. The van der Waals surface area contributed by atoms with Crippen molar-refractivity contribution in [1.82, 2.24) is 4.98 Å². The Morgan fingerprint density at radius 3 is 1.93 bits per heavy atom. The molecule has 0 fully saturated rings. The minimum Gasteiger partial charge on any atom is -1.00 e. The fraction of sp³-hybridized carbons (Fsp3) is 0.333. The SMILES string of the molecule is C.C.C.O=C([O-])c1ccccn1.[Br-].[Sb]. The molecule has 14 heavy (non-hydrogen) atoms. The summed E-state index contributed by atoms with van der Waals surface area (Å²) < 4.78 is 0. The molecule has 83 valence electrons. The number of aromatic carboxylic acids is 1. The number of carboxylic acid groups (broad SMARTS) is 1. The van der Waals surface area contributed by atoms with Crippen LogP contribution < -0.4 is 22.1 Å². The molecule has 0 saturated carbocycles. The molecule has 0 saturated heterocycles. The van der Waals surface area contributed by atoms with E-state index in [1.54, 1.807) is 12.1 Å². The average Bonchev–Trinajstić information content (AvgIpc) is 1.90. The first-order valence-corrected chi connectivity index (χ1v) is 2.43. The van der Waals surface area contributed by atoms with Crippen LogP contribution in [0.3, 0.4) is 0 Å². The molecule has 0 atom stereocenters. The van der Waals surface area contributed by atoms with E-state index in [4.69, 9.17) is 0 Å². The summed E-state index contributed by atoms with van der Waals surface area (Å²) in [5.74, 6) is -1.24. The summed E-state index contributed by atoms with van der Waals surface area (Å²) in [6, 6.07) is 4.62. The van der Waals surface area contributed by atoms with Gasteiger partial charge in [-0.3, -0.25) is 4.98 Å². The predicted octanol–water partition coefficient (Wildman–Crippen LogP) is -2.02. The number of rotatable bonds is 1. The van der Waals surface area contributed by atoms with Crippen LogP contribution >= 0.6 is 0 Å². The summed E-state index contributed by atoms with van der Waals surface area (Å²) in [5.41, 5.74) is -0.0301. The van der Waals surface area contributed by atoms with Crippen molar-refractivity contribution in [3.8, 4) is 0 Å². The van der Waals surface area contributed by atoms with Gasteiger partial charge in [-0.15, -0.1) is 0 Å². The van der Waals surface area contributed by atoms with Gasteiger partial charge in [0, 0.05) is 30.6 Å². The van der Waals surface area contributed by atoms with Crippen molar-refractivity contribution in [2.24, 2.45) is 0 Å². The van der Waals surface area contributed by atoms with Crippen molar-refractivity contribution in [3.05, 3.63) is 30.1 Å². The van der Waals surface area contributed by atoms with Gasteiger partial charge in [-0.05, 0) is 12.1 Å². The maximum Gasteiger partial charge on any atom is 0.0899 e. The van der Waals surface area contributed by atoms with Crippen molar-refractivity contribution in [3.63, 3.8) is 0 Å². The summed E-state index contributed by atoms with van der Waals surface area (Å²) in [6.07, 6.45) is 1.41. The van der Waals surface area contributed by atoms with Gasteiger partial charge >= 0.3 is 0 Å².